The van der Waals surface area contributed by atoms with Crippen LogP contribution in [0.3, 0.4) is 0 Å². The Morgan fingerprint density at radius 3 is 2.82 bits per heavy atom. The Hall–Kier alpha value is -3.29. The third-order valence-corrected chi connectivity index (χ3v) is 4.33. The van der Waals surface area contributed by atoms with Crippen molar-refractivity contribution in [3.8, 4) is 0 Å². The molecule has 7 nitrogen and oxygen atoms in total. The van der Waals surface area contributed by atoms with E-state index in [9.17, 15) is 4.79 Å². The van der Waals surface area contributed by atoms with Crippen molar-refractivity contribution >= 4 is 46.5 Å². The number of hydrogen-bond acceptors (Lipinski definition) is 5. The number of fused-ring (bicyclic) bond motifs is 2. The average molecular weight is 395 g/mol. The molecule has 1 atom stereocenters. The first-order valence-corrected chi connectivity index (χ1v) is 8.55. The monoisotopic (exact) mass is 394 g/mol. The number of nitrogens with two attached hydrogens (primary N) is 1. The van der Waals surface area contributed by atoms with Crippen molar-refractivity contribution in [1.82, 2.24) is 20.4 Å². The highest BCUT2D eigenvalue weighted by Crippen LogP contribution is 2.18. The molecule has 0 saturated heterocycles. The molecular weight excluding hydrogens is 376 g/mol. The van der Waals surface area contributed by atoms with Crippen LogP contribution in [0.15, 0.2) is 66.2 Å². The van der Waals surface area contributed by atoms with E-state index in [1.807, 2.05) is 48.7 Å². The summed E-state index contributed by atoms with van der Waals surface area (Å²) in [5, 5.41) is 5.07. The highest BCUT2D eigenvalue weighted by atomic mass is 35.5. The van der Waals surface area contributed by atoms with Crippen LogP contribution in [-0.4, -0.2) is 33.1 Å². The van der Waals surface area contributed by atoms with Crippen LogP contribution in [0.5, 0.6) is 0 Å². The number of amides is 1. The van der Waals surface area contributed by atoms with Gasteiger partial charge in [0.25, 0.3) is 5.91 Å². The molecule has 142 valence electrons. The molecule has 4 N–H and O–H groups in total. The number of rotatable bonds is 5. The van der Waals surface area contributed by atoms with Gasteiger partial charge in [0.1, 0.15) is 0 Å². The number of hydrogen-bond donors (Lipinski definition) is 3. The zero-order chi connectivity index (χ0) is 18.6. The van der Waals surface area contributed by atoms with Crippen LogP contribution in [0.25, 0.3) is 21.9 Å². The van der Waals surface area contributed by atoms with E-state index in [4.69, 9.17) is 5.73 Å². The number of benzene rings is 2. The Morgan fingerprint density at radius 1 is 1.18 bits per heavy atom. The number of nitrogens with zero attached hydrogens (tertiary/aromatic N) is 3. The lowest BCUT2D eigenvalue weighted by Gasteiger charge is -2.09. The maximum atomic E-state index is 12.2. The SMILES string of the molecule is Cl.N[C@H](Cc1c[nH]c2ccccc12)C(=O)N/N=C\c1ccc2nccnc2c1. The number of halogens is 1. The van der Waals surface area contributed by atoms with Crippen molar-refractivity contribution < 1.29 is 4.79 Å². The summed E-state index contributed by atoms with van der Waals surface area (Å²) in [6.07, 6.45) is 7.15. The smallest absolute Gasteiger partial charge is 0.257 e. The second-order valence-corrected chi connectivity index (χ2v) is 6.21. The van der Waals surface area contributed by atoms with Crippen molar-refractivity contribution in [2.45, 2.75) is 12.5 Å². The van der Waals surface area contributed by atoms with E-state index in [1.54, 1.807) is 18.6 Å². The number of para-hydroxylation sites is 1. The summed E-state index contributed by atoms with van der Waals surface area (Å²) < 4.78 is 0. The Bertz CT molecular complexity index is 1140. The van der Waals surface area contributed by atoms with Crippen molar-refractivity contribution in [2.24, 2.45) is 10.8 Å². The fraction of sp³-hybridized carbons (Fsp3) is 0.100. The Labute approximate surface area is 167 Å². The van der Waals surface area contributed by atoms with Crippen LogP contribution in [-0.2, 0) is 11.2 Å². The molecule has 0 aliphatic rings. The molecule has 4 rings (SSSR count). The minimum atomic E-state index is -0.691. The van der Waals surface area contributed by atoms with Gasteiger partial charge in [-0.25, -0.2) is 5.43 Å². The number of aromatic amines is 1. The first kappa shape index (κ1) is 19.5. The maximum Gasteiger partial charge on any atom is 0.257 e. The molecule has 0 radical (unpaired) electrons. The van der Waals surface area contributed by atoms with Gasteiger partial charge in [-0.05, 0) is 35.7 Å². The number of carbonyl (C=O) groups is 1. The molecule has 0 fully saturated rings. The minimum absolute atomic E-state index is 0. The van der Waals surface area contributed by atoms with Gasteiger partial charge in [0, 0.05) is 29.5 Å². The third kappa shape index (κ3) is 4.16. The Balaban J connectivity index is 0.00000225. The van der Waals surface area contributed by atoms with E-state index in [-0.39, 0.29) is 18.3 Å². The zero-order valence-electron chi connectivity index (χ0n) is 14.9. The normalized spacial score (nSPS) is 12.2. The van der Waals surface area contributed by atoms with E-state index < -0.39 is 6.04 Å². The second kappa shape index (κ2) is 8.60. The molecule has 28 heavy (non-hydrogen) atoms. The second-order valence-electron chi connectivity index (χ2n) is 6.21. The summed E-state index contributed by atoms with van der Waals surface area (Å²) >= 11 is 0. The first-order valence-electron chi connectivity index (χ1n) is 8.55. The van der Waals surface area contributed by atoms with Crippen LogP contribution in [0, 0.1) is 0 Å². The summed E-state index contributed by atoms with van der Waals surface area (Å²) in [6.45, 7) is 0. The number of H-pyrrole nitrogens is 1. The highest BCUT2D eigenvalue weighted by molar-refractivity contribution is 5.89. The summed E-state index contributed by atoms with van der Waals surface area (Å²) in [4.78, 5) is 23.9. The number of hydrazone groups is 1. The Morgan fingerprint density at radius 2 is 1.96 bits per heavy atom. The van der Waals surface area contributed by atoms with E-state index in [2.05, 4.69) is 25.5 Å². The number of aromatic nitrogens is 3. The molecule has 0 spiro atoms. The topological polar surface area (TPSA) is 109 Å². The predicted octanol–water partition coefficient (Wildman–Crippen LogP) is 2.55. The van der Waals surface area contributed by atoms with E-state index in [0.717, 1.165) is 33.1 Å². The maximum absolute atomic E-state index is 12.2. The van der Waals surface area contributed by atoms with Gasteiger partial charge < -0.3 is 10.7 Å². The van der Waals surface area contributed by atoms with Gasteiger partial charge in [-0.1, -0.05) is 24.3 Å². The third-order valence-electron chi connectivity index (χ3n) is 4.33. The summed E-state index contributed by atoms with van der Waals surface area (Å²) in [5.74, 6) is -0.336. The first-order chi connectivity index (χ1) is 13.2. The van der Waals surface area contributed by atoms with Gasteiger partial charge in [-0.2, -0.15) is 5.10 Å². The quantitative estimate of drug-likeness (QED) is 0.357. The largest absolute Gasteiger partial charge is 0.361 e. The van der Waals surface area contributed by atoms with Crippen LogP contribution in [0.2, 0.25) is 0 Å². The van der Waals surface area contributed by atoms with Crippen molar-refractivity contribution in [3.63, 3.8) is 0 Å². The molecular formula is C20H19ClN6O. The van der Waals surface area contributed by atoms with Crippen LogP contribution in [0.4, 0.5) is 0 Å². The predicted molar refractivity (Wildman–Crippen MR) is 113 cm³/mol. The molecule has 4 aromatic rings. The molecule has 0 aliphatic heterocycles. The number of nitrogens with one attached hydrogen (secondary N) is 2. The zero-order valence-corrected chi connectivity index (χ0v) is 15.7. The Kier molecular flexibility index (Phi) is 5.98. The van der Waals surface area contributed by atoms with Crippen LogP contribution >= 0.6 is 12.4 Å². The molecule has 8 heteroatoms. The molecule has 1 amide bonds. The lowest BCUT2D eigenvalue weighted by Crippen LogP contribution is -2.39. The molecule has 2 heterocycles. The van der Waals surface area contributed by atoms with Gasteiger partial charge in [0.05, 0.1) is 23.3 Å². The van der Waals surface area contributed by atoms with Gasteiger partial charge in [0.2, 0.25) is 0 Å². The summed E-state index contributed by atoms with van der Waals surface area (Å²) in [6, 6.07) is 12.8. The minimum Gasteiger partial charge on any atom is -0.361 e. The standard InChI is InChI=1S/C20H18N6O.ClH/c21-16(10-14-12-24-17-4-2-1-3-15(14)17)20(27)26-25-11-13-5-6-18-19(9-13)23-8-7-22-18;/h1-9,11-12,16,24H,10,21H2,(H,26,27);1H/b25-11-;/t16-;/m1./s1. The summed E-state index contributed by atoms with van der Waals surface area (Å²) in [7, 11) is 0. The van der Waals surface area contributed by atoms with Crippen molar-refractivity contribution in [2.75, 3.05) is 0 Å². The lowest BCUT2D eigenvalue weighted by molar-refractivity contribution is -0.122. The highest BCUT2D eigenvalue weighted by Gasteiger charge is 2.15. The van der Waals surface area contributed by atoms with Crippen LogP contribution < -0.4 is 11.2 Å². The van der Waals surface area contributed by atoms with E-state index in [0.29, 0.717) is 6.42 Å². The molecule has 0 saturated carbocycles. The lowest BCUT2D eigenvalue weighted by atomic mass is 10.1. The number of carbonyl (C=O) groups excluding carboxylic acids is 1. The van der Waals surface area contributed by atoms with Crippen LogP contribution in [0.1, 0.15) is 11.1 Å². The van der Waals surface area contributed by atoms with Gasteiger partial charge in [-0.3, -0.25) is 14.8 Å². The van der Waals surface area contributed by atoms with Gasteiger partial charge in [-0.15, -0.1) is 12.4 Å². The van der Waals surface area contributed by atoms with Gasteiger partial charge >= 0.3 is 0 Å². The fourth-order valence-corrected chi connectivity index (χ4v) is 2.94. The average Bonchev–Trinajstić information content (AvgIpc) is 3.11. The van der Waals surface area contributed by atoms with Gasteiger partial charge in [0.15, 0.2) is 0 Å². The van der Waals surface area contributed by atoms with E-state index >= 15 is 0 Å². The molecule has 0 aliphatic carbocycles. The fourth-order valence-electron chi connectivity index (χ4n) is 2.94. The molecule has 2 aromatic carbocycles. The van der Waals surface area contributed by atoms with Crippen molar-refractivity contribution in [1.29, 1.82) is 0 Å². The molecule has 0 bridgehead atoms. The molecule has 0 unspecified atom stereocenters. The van der Waals surface area contributed by atoms with E-state index in [1.165, 1.54) is 0 Å². The summed E-state index contributed by atoms with van der Waals surface area (Å²) in [5.41, 5.74) is 13.0. The van der Waals surface area contributed by atoms with Crippen molar-refractivity contribution in [3.05, 3.63) is 72.2 Å². The molecule has 2 aromatic heterocycles.